The summed E-state index contributed by atoms with van der Waals surface area (Å²) in [4.78, 5) is 24.0. The van der Waals surface area contributed by atoms with Crippen LogP contribution in [0.25, 0.3) is 11.4 Å². The Hall–Kier alpha value is -2.65. The molecule has 4 rings (SSSR count). The second kappa shape index (κ2) is 6.21. The highest BCUT2D eigenvalue weighted by molar-refractivity contribution is 5.79. The Morgan fingerprint density at radius 2 is 2.04 bits per heavy atom. The number of fused-ring (bicyclic) bond motifs is 2. The van der Waals surface area contributed by atoms with E-state index in [1.54, 1.807) is 12.1 Å². The van der Waals surface area contributed by atoms with Gasteiger partial charge in [-0.3, -0.25) is 4.79 Å². The molecule has 2 fully saturated rings. The second-order valence-corrected chi connectivity index (χ2v) is 7.17. The van der Waals surface area contributed by atoms with Crippen molar-refractivity contribution < 1.29 is 22.5 Å². The van der Waals surface area contributed by atoms with Gasteiger partial charge >= 0.3 is 12.1 Å². The molecule has 2 atom stereocenters. The Bertz CT molecular complexity index is 849. The SMILES string of the molecule is CC(C)C(=O)N1CC2CC1CN2c1ccc(-c2noc(C(F)(F)F)n2)cn1. The zero-order valence-electron chi connectivity index (χ0n) is 14.8. The van der Waals surface area contributed by atoms with Crippen LogP contribution >= 0.6 is 0 Å². The third-order valence-corrected chi connectivity index (χ3v) is 4.99. The average Bonchev–Trinajstić information content (AvgIpc) is 3.35. The first-order valence-corrected chi connectivity index (χ1v) is 8.68. The van der Waals surface area contributed by atoms with Crippen molar-refractivity contribution in [3.05, 3.63) is 24.2 Å². The van der Waals surface area contributed by atoms with Crippen molar-refractivity contribution in [2.45, 2.75) is 38.5 Å². The number of nitrogens with zero attached hydrogens (tertiary/aromatic N) is 5. The average molecular weight is 381 g/mol. The largest absolute Gasteiger partial charge is 0.471 e. The number of carbonyl (C=O) groups is 1. The lowest BCUT2D eigenvalue weighted by molar-refractivity contribution is -0.159. The van der Waals surface area contributed by atoms with Crippen LogP contribution in [-0.4, -0.2) is 51.1 Å². The predicted octanol–water partition coefficient (Wildman–Crippen LogP) is 2.60. The van der Waals surface area contributed by atoms with Crippen molar-refractivity contribution in [3.8, 4) is 11.4 Å². The molecule has 0 saturated carbocycles. The van der Waals surface area contributed by atoms with E-state index < -0.39 is 12.1 Å². The van der Waals surface area contributed by atoms with E-state index in [9.17, 15) is 18.0 Å². The van der Waals surface area contributed by atoms with Crippen molar-refractivity contribution in [3.63, 3.8) is 0 Å². The maximum absolute atomic E-state index is 12.6. The number of aromatic nitrogens is 3. The van der Waals surface area contributed by atoms with Crippen molar-refractivity contribution in [1.82, 2.24) is 20.0 Å². The van der Waals surface area contributed by atoms with Crippen LogP contribution in [0.2, 0.25) is 0 Å². The lowest BCUT2D eigenvalue weighted by atomic mass is 10.1. The van der Waals surface area contributed by atoms with Crippen LogP contribution in [0.3, 0.4) is 0 Å². The van der Waals surface area contributed by atoms with Gasteiger partial charge in [0.25, 0.3) is 0 Å². The maximum Gasteiger partial charge on any atom is 0.471 e. The van der Waals surface area contributed by atoms with Crippen LogP contribution in [-0.2, 0) is 11.0 Å². The molecule has 27 heavy (non-hydrogen) atoms. The summed E-state index contributed by atoms with van der Waals surface area (Å²) in [6.07, 6.45) is -2.34. The first kappa shape index (κ1) is 17.7. The Morgan fingerprint density at radius 3 is 2.56 bits per heavy atom. The first-order valence-electron chi connectivity index (χ1n) is 8.68. The van der Waals surface area contributed by atoms with Crippen LogP contribution in [0.5, 0.6) is 0 Å². The van der Waals surface area contributed by atoms with Crippen LogP contribution in [0, 0.1) is 5.92 Å². The summed E-state index contributed by atoms with van der Waals surface area (Å²) in [7, 11) is 0. The van der Waals surface area contributed by atoms with Gasteiger partial charge in [-0.15, -0.1) is 0 Å². The van der Waals surface area contributed by atoms with Gasteiger partial charge in [-0.05, 0) is 18.6 Å². The van der Waals surface area contributed by atoms with E-state index in [2.05, 4.69) is 24.5 Å². The Balaban J connectivity index is 1.47. The fourth-order valence-electron chi connectivity index (χ4n) is 3.69. The van der Waals surface area contributed by atoms with Crippen molar-refractivity contribution >= 4 is 11.7 Å². The Kier molecular flexibility index (Phi) is 4.08. The molecule has 2 aliphatic heterocycles. The molecule has 2 saturated heterocycles. The molecule has 0 spiro atoms. The number of hydrogen-bond donors (Lipinski definition) is 0. The molecule has 0 radical (unpaired) electrons. The summed E-state index contributed by atoms with van der Waals surface area (Å²) in [5.41, 5.74) is 0.346. The van der Waals surface area contributed by atoms with E-state index in [-0.39, 0.29) is 29.7 Å². The van der Waals surface area contributed by atoms with Gasteiger partial charge in [-0.1, -0.05) is 19.0 Å². The summed E-state index contributed by atoms with van der Waals surface area (Å²) in [5, 5.41) is 3.36. The molecule has 2 bridgehead atoms. The van der Waals surface area contributed by atoms with E-state index in [1.807, 2.05) is 18.7 Å². The van der Waals surface area contributed by atoms with Gasteiger partial charge in [0.15, 0.2) is 0 Å². The van der Waals surface area contributed by atoms with Gasteiger partial charge in [0, 0.05) is 30.8 Å². The molecule has 10 heteroatoms. The van der Waals surface area contributed by atoms with Gasteiger partial charge < -0.3 is 14.3 Å². The zero-order chi connectivity index (χ0) is 19.3. The number of amides is 1. The summed E-state index contributed by atoms with van der Waals surface area (Å²) < 4.78 is 41.9. The molecular weight excluding hydrogens is 363 g/mol. The number of likely N-dealkylation sites (tertiary alicyclic amines) is 1. The van der Waals surface area contributed by atoms with Crippen LogP contribution in [0.15, 0.2) is 22.9 Å². The van der Waals surface area contributed by atoms with E-state index >= 15 is 0 Å². The molecule has 7 nitrogen and oxygen atoms in total. The Labute approximate surface area is 153 Å². The van der Waals surface area contributed by atoms with E-state index in [0.29, 0.717) is 18.7 Å². The van der Waals surface area contributed by atoms with Crippen LogP contribution < -0.4 is 4.90 Å². The lowest BCUT2D eigenvalue weighted by Crippen LogP contribution is -2.50. The summed E-state index contributed by atoms with van der Waals surface area (Å²) in [6, 6.07) is 3.74. The highest BCUT2D eigenvalue weighted by Gasteiger charge is 2.46. The van der Waals surface area contributed by atoms with E-state index in [1.165, 1.54) is 6.20 Å². The molecule has 1 amide bonds. The minimum atomic E-state index is -4.67. The molecule has 0 N–H and O–H groups in total. The number of pyridine rings is 1. The number of carbonyl (C=O) groups excluding carboxylic acids is 1. The predicted molar refractivity (Wildman–Crippen MR) is 88.6 cm³/mol. The van der Waals surface area contributed by atoms with Gasteiger partial charge in [0.1, 0.15) is 5.82 Å². The van der Waals surface area contributed by atoms with E-state index in [4.69, 9.17) is 0 Å². The highest BCUT2D eigenvalue weighted by Crippen LogP contribution is 2.35. The molecule has 2 aromatic heterocycles. The normalized spacial score (nSPS) is 22.1. The van der Waals surface area contributed by atoms with Crippen molar-refractivity contribution in [2.24, 2.45) is 5.92 Å². The minimum Gasteiger partial charge on any atom is -0.350 e. The number of anilines is 1. The topological polar surface area (TPSA) is 75.4 Å². The quantitative estimate of drug-likeness (QED) is 0.814. The molecule has 2 aliphatic rings. The second-order valence-electron chi connectivity index (χ2n) is 7.17. The first-order chi connectivity index (χ1) is 12.7. The molecule has 0 aromatic carbocycles. The number of hydrogen-bond acceptors (Lipinski definition) is 6. The van der Waals surface area contributed by atoms with Crippen molar-refractivity contribution in [1.29, 1.82) is 0 Å². The fraction of sp³-hybridized carbons (Fsp3) is 0.529. The maximum atomic E-state index is 12.6. The fourth-order valence-corrected chi connectivity index (χ4v) is 3.69. The molecular formula is C17H18F3N5O2. The smallest absolute Gasteiger partial charge is 0.350 e. The zero-order valence-corrected chi connectivity index (χ0v) is 14.8. The van der Waals surface area contributed by atoms with Gasteiger partial charge in [0.2, 0.25) is 11.7 Å². The third-order valence-electron chi connectivity index (χ3n) is 4.99. The molecule has 0 aliphatic carbocycles. The van der Waals surface area contributed by atoms with Crippen molar-refractivity contribution in [2.75, 3.05) is 18.0 Å². The summed E-state index contributed by atoms with van der Waals surface area (Å²) in [5.74, 6) is -0.663. The molecule has 2 unspecified atom stereocenters. The molecule has 144 valence electrons. The van der Waals surface area contributed by atoms with Gasteiger partial charge in [0.05, 0.1) is 12.1 Å². The number of rotatable bonds is 3. The van der Waals surface area contributed by atoms with Gasteiger partial charge in [-0.2, -0.15) is 18.2 Å². The number of piperazine rings is 1. The monoisotopic (exact) mass is 381 g/mol. The number of halogens is 3. The third kappa shape index (κ3) is 3.13. The summed E-state index contributed by atoms with van der Waals surface area (Å²) in [6.45, 7) is 5.17. The van der Waals surface area contributed by atoms with Crippen LogP contribution in [0.4, 0.5) is 19.0 Å². The minimum absolute atomic E-state index is 0.0215. The lowest BCUT2D eigenvalue weighted by Gasteiger charge is -2.35. The van der Waals surface area contributed by atoms with Crippen LogP contribution in [0.1, 0.15) is 26.2 Å². The van der Waals surface area contributed by atoms with Gasteiger partial charge in [-0.25, -0.2) is 4.98 Å². The number of alkyl halides is 3. The molecule has 2 aromatic rings. The molecule has 4 heterocycles. The van der Waals surface area contributed by atoms with E-state index in [0.717, 1.165) is 12.2 Å². The highest BCUT2D eigenvalue weighted by atomic mass is 19.4. The standard InChI is InChI=1S/C17H18F3N5O2/c1-9(2)15(26)25-8-11-5-12(25)7-24(11)13-4-3-10(6-21-13)14-22-16(27-23-14)17(18,19)20/h3-4,6,9,11-12H,5,7-8H2,1-2H3. The Morgan fingerprint density at radius 1 is 1.26 bits per heavy atom. The summed E-state index contributed by atoms with van der Waals surface area (Å²) >= 11 is 0.